The van der Waals surface area contributed by atoms with Crippen molar-refractivity contribution in [3.8, 4) is 0 Å². The normalized spacial score (nSPS) is 18.4. The Morgan fingerprint density at radius 3 is 2.50 bits per heavy atom. The third-order valence-corrected chi connectivity index (χ3v) is 2.34. The van der Waals surface area contributed by atoms with E-state index in [0.717, 1.165) is 5.75 Å². The summed E-state index contributed by atoms with van der Waals surface area (Å²) in [5.74, 6) is -0.298. The summed E-state index contributed by atoms with van der Waals surface area (Å²) in [7, 11) is -4.71. The molecule has 1 rings (SSSR count). The van der Waals surface area contributed by atoms with Crippen LogP contribution in [-0.4, -0.2) is 37.4 Å². The van der Waals surface area contributed by atoms with Gasteiger partial charge in [0.1, 0.15) is 0 Å². The molecule has 1 unspecified atom stereocenters. The van der Waals surface area contributed by atoms with Gasteiger partial charge in [-0.25, -0.2) is 4.79 Å². The van der Waals surface area contributed by atoms with E-state index in [2.05, 4.69) is 23.4 Å². The molecule has 1 N–H and O–H groups in total. The predicted octanol–water partition coefficient (Wildman–Crippen LogP) is 1.17. The van der Waals surface area contributed by atoms with Crippen molar-refractivity contribution in [3.63, 3.8) is 0 Å². The van der Waals surface area contributed by atoms with Crippen LogP contribution in [0.2, 0.25) is 0 Å². The van der Waals surface area contributed by atoms with Crippen LogP contribution in [0.1, 0.15) is 13.3 Å². The molecule has 0 radical (unpaired) electrons. The van der Waals surface area contributed by atoms with Crippen molar-refractivity contribution >= 4 is 29.0 Å². The van der Waals surface area contributed by atoms with Crippen molar-refractivity contribution < 1.29 is 26.7 Å². The van der Waals surface area contributed by atoms with Crippen LogP contribution < -0.4 is 0 Å². The minimum absolute atomic E-state index is 0.114. The maximum absolute atomic E-state index is 10.9. The highest BCUT2D eigenvalue weighted by Crippen LogP contribution is 2.15. The largest absolute Gasteiger partial charge is 0.449 e. The van der Waals surface area contributed by atoms with Gasteiger partial charge >= 0.3 is 16.4 Å². The van der Waals surface area contributed by atoms with E-state index in [1.54, 1.807) is 6.08 Å². The first-order valence-corrected chi connectivity index (χ1v) is 7.01. The van der Waals surface area contributed by atoms with Crippen LogP contribution in [0.25, 0.3) is 0 Å². The third kappa shape index (κ3) is 10.3. The fourth-order valence-electron chi connectivity index (χ4n) is 0.757. The van der Waals surface area contributed by atoms with Crippen LogP contribution in [0.5, 0.6) is 0 Å². The van der Waals surface area contributed by atoms with Crippen LogP contribution in [0.15, 0.2) is 24.3 Å². The second-order valence-corrected chi connectivity index (χ2v) is 4.74. The second kappa shape index (κ2) is 8.30. The monoisotopic (exact) mass is 296 g/mol. The molecule has 1 heterocycles. The zero-order valence-electron chi connectivity index (χ0n) is 9.90. The van der Waals surface area contributed by atoms with E-state index in [4.69, 9.17) is 9.29 Å². The maximum Gasteiger partial charge on any atom is 0.449 e. The quantitative estimate of drug-likeness (QED) is 0.260. The average Bonchev–Trinajstić information content (AvgIpc) is 3.07. The molecule has 1 atom stereocenters. The van der Waals surface area contributed by atoms with Gasteiger partial charge in [-0.1, -0.05) is 12.2 Å². The number of epoxide rings is 1. The number of thiol groups is 1. The molecule has 1 saturated heterocycles. The minimum atomic E-state index is -4.71. The highest BCUT2D eigenvalue weighted by Gasteiger charge is 2.22. The molecule has 0 amide bonds. The molecule has 1 aliphatic rings. The highest BCUT2D eigenvalue weighted by molar-refractivity contribution is 7.81. The van der Waals surface area contributed by atoms with Gasteiger partial charge in [0.25, 0.3) is 0 Å². The Balaban J connectivity index is 0.000000631. The molecular weight excluding hydrogens is 280 g/mol. The molecule has 0 spiro atoms. The van der Waals surface area contributed by atoms with Gasteiger partial charge in [-0.2, -0.15) is 21.0 Å². The molecule has 8 heteroatoms. The summed E-state index contributed by atoms with van der Waals surface area (Å²) in [5, 5.41) is 0. The van der Waals surface area contributed by atoms with Crippen molar-refractivity contribution in [1.29, 1.82) is 0 Å². The number of carbonyl (C=O) groups is 1. The number of hydrogen-bond donors (Lipinski definition) is 2. The molecule has 0 saturated carbocycles. The summed E-state index contributed by atoms with van der Waals surface area (Å²) in [5.41, 5.74) is 0.123. The molecule has 1 aliphatic heterocycles. The van der Waals surface area contributed by atoms with E-state index in [0.29, 0.717) is 13.0 Å². The summed E-state index contributed by atoms with van der Waals surface area (Å²) in [6.07, 6.45) is 3.89. The van der Waals surface area contributed by atoms with Gasteiger partial charge in [-0.05, 0) is 13.3 Å². The van der Waals surface area contributed by atoms with Crippen molar-refractivity contribution in [2.45, 2.75) is 19.4 Å². The first kappa shape index (κ1) is 17.2. The Hall–Kier alpha value is -0.830. The van der Waals surface area contributed by atoms with E-state index in [1.807, 2.05) is 0 Å². The SMILES string of the molecule is C=CCS.CC(=CCC1CO1)C(=O)OS(=O)(=O)O. The van der Waals surface area contributed by atoms with Crippen LogP contribution >= 0.6 is 12.6 Å². The Morgan fingerprint density at radius 2 is 2.17 bits per heavy atom. The number of hydrogen-bond acceptors (Lipinski definition) is 6. The van der Waals surface area contributed by atoms with Crippen LogP contribution in [-0.2, 0) is 24.1 Å². The summed E-state index contributed by atoms with van der Waals surface area (Å²) < 4.78 is 37.1. The van der Waals surface area contributed by atoms with Crippen molar-refractivity contribution in [2.24, 2.45) is 0 Å². The van der Waals surface area contributed by atoms with Gasteiger partial charge in [0.05, 0.1) is 12.7 Å². The van der Waals surface area contributed by atoms with Gasteiger partial charge in [-0.3, -0.25) is 4.55 Å². The molecular formula is C10H16O6S2. The lowest BCUT2D eigenvalue weighted by Crippen LogP contribution is -2.12. The van der Waals surface area contributed by atoms with Gasteiger partial charge < -0.3 is 8.92 Å². The van der Waals surface area contributed by atoms with Crippen LogP contribution in [0, 0.1) is 0 Å². The van der Waals surface area contributed by atoms with E-state index >= 15 is 0 Å². The Bertz CT molecular complexity index is 408. The van der Waals surface area contributed by atoms with Crippen LogP contribution in [0.4, 0.5) is 0 Å². The predicted molar refractivity (Wildman–Crippen MR) is 69.8 cm³/mol. The average molecular weight is 296 g/mol. The highest BCUT2D eigenvalue weighted by atomic mass is 32.3. The first-order chi connectivity index (χ1) is 8.30. The lowest BCUT2D eigenvalue weighted by atomic mass is 10.2. The Kier molecular flexibility index (Phi) is 7.92. The number of carbonyl (C=O) groups excluding carboxylic acids is 1. The van der Waals surface area contributed by atoms with E-state index in [1.165, 1.54) is 13.0 Å². The van der Waals surface area contributed by atoms with Crippen molar-refractivity contribution in [2.75, 3.05) is 12.4 Å². The second-order valence-electron chi connectivity index (χ2n) is 3.35. The summed E-state index contributed by atoms with van der Waals surface area (Å²) >= 11 is 3.80. The lowest BCUT2D eigenvalue weighted by Gasteiger charge is -1.99. The van der Waals surface area contributed by atoms with Crippen molar-refractivity contribution in [1.82, 2.24) is 0 Å². The molecule has 0 aromatic carbocycles. The molecule has 0 aliphatic carbocycles. The molecule has 18 heavy (non-hydrogen) atoms. The molecule has 6 nitrogen and oxygen atoms in total. The molecule has 0 aromatic heterocycles. The zero-order chi connectivity index (χ0) is 14.2. The third-order valence-electron chi connectivity index (χ3n) is 1.72. The molecule has 0 bridgehead atoms. The molecule has 104 valence electrons. The maximum atomic E-state index is 10.9. The lowest BCUT2D eigenvalue weighted by molar-refractivity contribution is -0.130. The summed E-state index contributed by atoms with van der Waals surface area (Å²) in [6, 6.07) is 0. The van der Waals surface area contributed by atoms with Gasteiger partial charge in [-0.15, -0.1) is 6.58 Å². The van der Waals surface area contributed by atoms with Gasteiger partial charge in [0.15, 0.2) is 0 Å². The van der Waals surface area contributed by atoms with E-state index in [-0.39, 0.29) is 11.7 Å². The molecule has 0 aromatic rings. The summed E-state index contributed by atoms with van der Waals surface area (Å²) in [4.78, 5) is 10.9. The van der Waals surface area contributed by atoms with Crippen molar-refractivity contribution in [3.05, 3.63) is 24.3 Å². The topological polar surface area (TPSA) is 93.2 Å². The Labute approximate surface area is 112 Å². The minimum Gasteiger partial charge on any atom is -0.373 e. The smallest absolute Gasteiger partial charge is 0.373 e. The standard InChI is InChI=1S/C7H10O6S.C3H6S/c1-5(2-3-6-4-12-6)7(8)13-14(9,10)11;1-2-3-4/h2,6H,3-4H2,1H3,(H,9,10,11);2,4H,1,3H2. The van der Waals surface area contributed by atoms with Gasteiger partial charge in [0, 0.05) is 11.3 Å². The Morgan fingerprint density at radius 1 is 1.67 bits per heavy atom. The van der Waals surface area contributed by atoms with E-state index in [9.17, 15) is 13.2 Å². The fourth-order valence-corrected chi connectivity index (χ4v) is 1.08. The first-order valence-electron chi connectivity index (χ1n) is 5.01. The van der Waals surface area contributed by atoms with Gasteiger partial charge in [0.2, 0.25) is 0 Å². The van der Waals surface area contributed by atoms with E-state index < -0.39 is 16.4 Å². The van der Waals surface area contributed by atoms with Crippen LogP contribution in [0.3, 0.4) is 0 Å². The zero-order valence-corrected chi connectivity index (χ0v) is 11.6. The fraction of sp³-hybridized carbons (Fsp3) is 0.500. The number of ether oxygens (including phenoxy) is 1. The number of rotatable bonds is 5. The molecule has 1 fully saturated rings. The summed E-state index contributed by atoms with van der Waals surface area (Å²) in [6.45, 7) is 5.45.